The van der Waals surface area contributed by atoms with Gasteiger partial charge in [-0.2, -0.15) is 0 Å². The first kappa shape index (κ1) is 22.2. The molecule has 0 radical (unpaired) electrons. The van der Waals surface area contributed by atoms with E-state index >= 15 is 0 Å². The minimum atomic E-state index is -3.47. The van der Waals surface area contributed by atoms with Gasteiger partial charge in [-0.1, -0.05) is 29.8 Å². The molecule has 0 aliphatic rings. The molecule has 2 aromatic carbocycles. The van der Waals surface area contributed by atoms with Crippen LogP contribution in [0, 0.1) is 5.82 Å². The normalized spacial score (nSPS) is 11.2. The second kappa shape index (κ2) is 10.4. The first-order valence-electron chi connectivity index (χ1n) is 9.00. The Bertz CT molecular complexity index is 889. The van der Waals surface area contributed by atoms with E-state index in [1.165, 1.54) is 16.4 Å². The summed E-state index contributed by atoms with van der Waals surface area (Å²) in [7, 11) is -3.47. The minimum Gasteiger partial charge on any atom is -0.356 e. The molecule has 2 aromatic rings. The number of anilines is 1. The van der Waals surface area contributed by atoms with E-state index in [0.717, 1.165) is 24.7 Å². The lowest BCUT2D eigenvalue weighted by Gasteiger charge is -2.22. The van der Waals surface area contributed by atoms with Crippen LogP contribution in [-0.2, 0) is 21.2 Å². The molecule has 0 aromatic heterocycles. The molecule has 0 fully saturated rings. The van der Waals surface area contributed by atoms with E-state index < -0.39 is 10.0 Å². The molecule has 0 saturated heterocycles. The Kier molecular flexibility index (Phi) is 8.26. The number of benzene rings is 2. The van der Waals surface area contributed by atoms with E-state index in [1.807, 2.05) is 0 Å². The number of carbonyl (C=O) groups excluding carboxylic acids is 1. The number of amides is 1. The quantitative estimate of drug-likeness (QED) is 0.588. The zero-order chi connectivity index (χ0) is 20.6. The number of aryl methyl sites for hydroxylation is 1. The van der Waals surface area contributed by atoms with Gasteiger partial charge in [-0.15, -0.1) is 0 Å². The molecule has 1 N–H and O–H groups in total. The van der Waals surface area contributed by atoms with Gasteiger partial charge >= 0.3 is 0 Å². The van der Waals surface area contributed by atoms with Gasteiger partial charge in [-0.05, 0) is 55.2 Å². The van der Waals surface area contributed by atoms with E-state index in [9.17, 15) is 17.6 Å². The maximum atomic E-state index is 12.9. The summed E-state index contributed by atoms with van der Waals surface area (Å²) in [6.45, 7) is 0.711. The van der Waals surface area contributed by atoms with Crippen LogP contribution in [0.2, 0.25) is 5.02 Å². The summed E-state index contributed by atoms with van der Waals surface area (Å²) in [5.74, 6) is -0.392. The lowest BCUT2D eigenvalue weighted by molar-refractivity contribution is -0.121. The van der Waals surface area contributed by atoms with Gasteiger partial charge in [-0.25, -0.2) is 12.8 Å². The van der Waals surface area contributed by atoms with Crippen molar-refractivity contribution >= 4 is 33.2 Å². The molecular weight excluding hydrogens is 403 g/mol. The van der Waals surface area contributed by atoms with Crippen LogP contribution < -0.4 is 9.62 Å². The number of rotatable bonds is 10. The third-order valence-corrected chi connectivity index (χ3v) is 5.57. The molecule has 8 heteroatoms. The van der Waals surface area contributed by atoms with Crippen molar-refractivity contribution in [1.29, 1.82) is 0 Å². The molecule has 0 atom stereocenters. The van der Waals surface area contributed by atoms with Crippen molar-refractivity contribution in [1.82, 2.24) is 5.32 Å². The molecule has 0 aliphatic carbocycles. The van der Waals surface area contributed by atoms with E-state index in [-0.39, 0.29) is 24.7 Å². The predicted octanol–water partition coefficient (Wildman–Crippen LogP) is 3.77. The van der Waals surface area contributed by atoms with Gasteiger partial charge in [0.15, 0.2) is 0 Å². The predicted molar refractivity (Wildman–Crippen MR) is 111 cm³/mol. The van der Waals surface area contributed by atoms with Crippen LogP contribution in [0.1, 0.15) is 24.8 Å². The minimum absolute atomic E-state index is 0.126. The first-order valence-corrected chi connectivity index (χ1v) is 11.2. The Morgan fingerprint density at radius 3 is 2.50 bits per heavy atom. The molecule has 0 aliphatic heterocycles. The molecule has 1 amide bonds. The molecule has 0 unspecified atom stereocenters. The standard InChI is InChI=1S/C20H24ClFN2O3S/c1-28(26,27)24(19-7-2-6-17(21)15-19)14-4-8-20(25)23-13-3-5-16-9-11-18(22)12-10-16/h2,6-7,9-12,15H,3-5,8,13-14H2,1H3,(H,23,25). The van der Waals surface area contributed by atoms with Crippen LogP contribution >= 0.6 is 11.6 Å². The van der Waals surface area contributed by atoms with Crippen LogP contribution in [0.15, 0.2) is 48.5 Å². The van der Waals surface area contributed by atoms with E-state index in [4.69, 9.17) is 11.6 Å². The average molecular weight is 427 g/mol. The monoisotopic (exact) mass is 426 g/mol. The van der Waals surface area contributed by atoms with Crippen molar-refractivity contribution < 1.29 is 17.6 Å². The van der Waals surface area contributed by atoms with Crippen LogP contribution in [-0.4, -0.2) is 33.7 Å². The van der Waals surface area contributed by atoms with Crippen LogP contribution in [0.3, 0.4) is 0 Å². The summed E-state index contributed by atoms with van der Waals surface area (Å²) in [5.41, 5.74) is 1.50. The number of halogens is 2. The van der Waals surface area contributed by atoms with Crippen molar-refractivity contribution in [2.45, 2.75) is 25.7 Å². The lowest BCUT2D eigenvalue weighted by atomic mass is 10.1. The van der Waals surface area contributed by atoms with Crippen molar-refractivity contribution in [3.8, 4) is 0 Å². The largest absolute Gasteiger partial charge is 0.356 e. The fraction of sp³-hybridized carbons (Fsp3) is 0.350. The highest BCUT2D eigenvalue weighted by Gasteiger charge is 2.17. The summed E-state index contributed by atoms with van der Waals surface area (Å²) in [5, 5.41) is 3.27. The molecule has 0 bridgehead atoms. The highest BCUT2D eigenvalue weighted by atomic mass is 35.5. The van der Waals surface area contributed by atoms with Gasteiger partial charge < -0.3 is 5.32 Å². The zero-order valence-corrected chi connectivity index (χ0v) is 17.3. The topological polar surface area (TPSA) is 66.5 Å². The number of hydrogen-bond donors (Lipinski definition) is 1. The highest BCUT2D eigenvalue weighted by molar-refractivity contribution is 7.92. The third-order valence-electron chi connectivity index (χ3n) is 4.14. The number of sulfonamides is 1. The Morgan fingerprint density at radius 2 is 1.86 bits per heavy atom. The van der Waals surface area contributed by atoms with Crippen LogP contribution in [0.4, 0.5) is 10.1 Å². The van der Waals surface area contributed by atoms with Crippen molar-refractivity contribution in [3.05, 3.63) is 64.9 Å². The van der Waals surface area contributed by atoms with Gasteiger partial charge in [0.05, 0.1) is 11.9 Å². The molecule has 0 spiro atoms. The van der Waals surface area contributed by atoms with Crippen LogP contribution in [0.5, 0.6) is 0 Å². The van der Waals surface area contributed by atoms with Crippen LogP contribution in [0.25, 0.3) is 0 Å². The second-order valence-electron chi connectivity index (χ2n) is 6.50. The Hall–Kier alpha value is -2.12. The SMILES string of the molecule is CS(=O)(=O)N(CCCC(=O)NCCCc1ccc(F)cc1)c1cccc(Cl)c1. The molecular formula is C20H24ClFN2O3S. The maximum Gasteiger partial charge on any atom is 0.232 e. The first-order chi connectivity index (χ1) is 13.3. The zero-order valence-electron chi connectivity index (χ0n) is 15.7. The Balaban J connectivity index is 1.74. The second-order valence-corrected chi connectivity index (χ2v) is 8.84. The van der Waals surface area contributed by atoms with Gasteiger partial charge in [0.1, 0.15) is 5.82 Å². The maximum absolute atomic E-state index is 12.9. The fourth-order valence-corrected chi connectivity index (χ4v) is 3.90. The van der Waals surface area contributed by atoms with Gasteiger partial charge in [0, 0.05) is 24.5 Å². The summed E-state index contributed by atoms with van der Waals surface area (Å²) < 4.78 is 38.2. The van der Waals surface area contributed by atoms with Gasteiger partial charge in [-0.3, -0.25) is 9.10 Å². The number of carbonyl (C=O) groups is 1. The number of hydrogen-bond acceptors (Lipinski definition) is 3. The molecule has 5 nitrogen and oxygen atoms in total. The molecule has 28 heavy (non-hydrogen) atoms. The van der Waals surface area contributed by atoms with Crippen molar-refractivity contribution in [2.24, 2.45) is 0 Å². The van der Waals surface area contributed by atoms with E-state index in [2.05, 4.69) is 5.32 Å². The Morgan fingerprint density at radius 1 is 1.14 bits per heavy atom. The molecule has 152 valence electrons. The van der Waals surface area contributed by atoms with Gasteiger partial charge in [0.2, 0.25) is 15.9 Å². The summed E-state index contributed by atoms with van der Waals surface area (Å²) >= 11 is 5.94. The average Bonchev–Trinajstić information content (AvgIpc) is 2.63. The smallest absolute Gasteiger partial charge is 0.232 e. The molecule has 0 saturated carbocycles. The van der Waals surface area contributed by atoms with Crippen molar-refractivity contribution in [3.63, 3.8) is 0 Å². The number of nitrogens with one attached hydrogen (secondary N) is 1. The van der Waals surface area contributed by atoms with Crippen molar-refractivity contribution in [2.75, 3.05) is 23.7 Å². The fourth-order valence-electron chi connectivity index (χ4n) is 2.76. The molecule has 2 rings (SSSR count). The third kappa shape index (κ3) is 7.48. The molecule has 0 heterocycles. The lowest BCUT2D eigenvalue weighted by Crippen LogP contribution is -2.32. The number of nitrogens with zero attached hydrogens (tertiary/aromatic N) is 1. The van der Waals surface area contributed by atoms with Gasteiger partial charge in [0.25, 0.3) is 0 Å². The Labute approximate surface area is 170 Å². The summed E-state index contributed by atoms with van der Waals surface area (Å²) in [4.78, 5) is 12.0. The van der Waals surface area contributed by atoms with E-state index in [1.54, 1.807) is 36.4 Å². The van der Waals surface area contributed by atoms with E-state index in [0.29, 0.717) is 23.7 Å². The summed E-state index contributed by atoms with van der Waals surface area (Å²) in [6.07, 6.45) is 3.24. The summed E-state index contributed by atoms with van der Waals surface area (Å²) in [6, 6.07) is 12.9. The highest BCUT2D eigenvalue weighted by Crippen LogP contribution is 2.22.